The third kappa shape index (κ3) is 8.66. The van der Waals surface area contributed by atoms with Gasteiger partial charge in [-0.3, -0.25) is 4.79 Å². The number of hydrogen-bond donors (Lipinski definition) is 0. The SMILES string of the molecule is CCCCOc1ccc(CCC(=O)Oc2ccc(/C=C(\C#N)C(=O)OCC)cc2OC)cc1OCC. The number of methoxy groups -OCH3 is 1. The van der Waals surface area contributed by atoms with Crippen LogP contribution in [0.4, 0.5) is 0 Å². The molecule has 0 amide bonds. The van der Waals surface area contributed by atoms with E-state index in [9.17, 15) is 14.9 Å². The van der Waals surface area contributed by atoms with Gasteiger partial charge in [0.1, 0.15) is 11.6 Å². The molecule has 0 spiro atoms. The van der Waals surface area contributed by atoms with Gasteiger partial charge >= 0.3 is 11.9 Å². The van der Waals surface area contributed by atoms with Gasteiger partial charge in [0.05, 0.1) is 26.9 Å². The minimum atomic E-state index is -0.706. The Kier molecular flexibility index (Phi) is 11.8. The smallest absolute Gasteiger partial charge is 0.348 e. The van der Waals surface area contributed by atoms with Crippen molar-refractivity contribution in [2.24, 2.45) is 0 Å². The normalized spacial score (nSPS) is 10.8. The summed E-state index contributed by atoms with van der Waals surface area (Å²) >= 11 is 0. The van der Waals surface area contributed by atoms with Crippen molar-refractivity contribution in [3.05, 3.63) is 53.1 Å². The minimum Gasteiger partial charge on any atom is -0.493 e. The molecule has 8 heteroatoms. The summed E-state index contributed by atoms with van der Waals surface area (Å²) in [6.45, 7) is 6.98. The third-order valence-electron chi connectivity index (χ3n) is 5.02. The Morgan fingerprint density at radius 2 is 1.72 bits per heavy atom. The number of esters is 2. The number of hydrogen-bond acceptors (Lipinski definition) is 8. The maximum atomic E-state index is 12.5. The van der Waals surface area contributed by atoms with Gasteiger partial charge < -0.3 is 23.7 Å². The lowest BCUT2D eigenvalue weighted by molar-refractivity contribution is -0.138. The van der Waals surface area contributed by atoms with Crippen molar-refractivity contribution in [1.82, 2.24) is 0 Å². The van der Waals surface area contributed by atoms with E-state index < -0.39 is 11.9 Å². The summed E-state index contributed by atoms with van der Waals surface area (Å²) in [6, 6.07) is 12.2. The van der Waals surface area contributed by atoms with Gasteiger partial charge in [-0.15, -0.1) is 0 Å². The molecule has 0 heterocycles. The number of nitrogens with zero attached hydrogens (tertiary/aromatic N) is 1. The van der Waals surface area contributed by atoms with E-state index in [1.165, 1.54) is 13.2 Å². The summed E-state index contributed by atoms with van der Waals surface area (Å²) in [5.41, 5.74) is 1.31. The lowest BCUT2D eigenvalue weighted by Gasteiger charge is -2.13. The van der Waals surface area contributed by atoms with Crippen molar-refractivity contribution in [3.8, 4) is 29.1 Å². The van der Waals surface area contributed by atoms with E-state index in [1.807, 2.05) is 31.2 Å². The third-order valence-corrected chi connectivity index (χ3v) is 5.02. The Labute approximate surface area is 212 Å². The van der Waals surface area contributed by atoms with Crippen LogP contribution in [0.25, 0.3) is 6.08 Å². The second kappa shape index (κ2) is 15.1. The molecule has 0 aliphatic heterocycles. The van der Waals surface area contributed by atoms with E-state index in [0.717, 1.165) is 18.4 Å². The standard InChI is InChI=1S/C28H33NO7/c1-5-8-15-35-23-12-9-20(17-26(23)33-6-2)11-14-27(30)36-24-13-10-21(18-25(24)32-4)16-22(19-29)28(31)34-7-3/h9-10,12-13,16-18H,5-8,11,14-15H2,1-4H3/b22-16+. The van der Waals surface area contributed by atoms with E-state index in [0.29, 0.717) is 42.4 Å². The van der Waals surface area contributed by atoms with Gasteiger partial charge in [0, 0.05) is 6.42 Å². The molecule has 2 aromatic carbocycles. The summed E-state index contributed by atoms with van der Waals surface area (Å²) in [5.74, 6) is 0.751. The van der Waals surface area contributed by atoms with Crippen LogP contribution in [0.15, 0.2) is 42.0 Å². The Bertz CT molecular complexity index is 1100. The predicted octanol–water partition coefficient (Wildman–Crippen LogP) is 5.28. The van der Waals surface area contributed by atoms with E-state index in [1.54, 1.807) is 25.1 Å². The molecule has 0 radical (unpaired) electrons. The number of rotatable bonds is 14. The van der Waals surface area contributed by atoms with Crippen molar-refractivity contribution in [3.63, 3.8) is 0 Å². The molecular formula is C28H33NO7. The van der Waals surface area contributed by atoms with Crippen molar-refractivity contribution in [1.29, 1.82) is 5.26 Å². The number of unbranched alkanes of at least 4 members (excludes halogenated alkanes) is 1. The van der Waals surface area contributed by atoms with Crippen molar-refractivity contribution < 1.29 is 33.3 Å². The van der Waals surface area contributed by atoms with Crippen molar-refractivity contribution >= 4 is 18.0 Å². The lowest BCUT2D eigenvalue weighted by atomic mass is 10.1. The first-order chi connectivity index (χ1) is 17.4. The van der Waals surface area contributed by atoms with Gasteiger partial charge in [0.15, 0.2) is 23.0 Å². The monoisotopic (exact) mass is 495 g/mol. The minimum absolute atomic E-state index is 0.142. The van der Waals surface area contributed by atoms with Gasteiger partial charge in [-0.25, -0.2) is 4.79 Å². The summed E-state index contributed by atoms with van der Waals surface area (Å²) in [5, 5.41) is 9.21. The van der Waals surface area contributed by atoms with Crippen molar-refractivity contribution in [2.45, 2.75) is 46.5 Å². The fourth-order valence-electron chi connectivity index (χ4n) is 3.21. The first kappa shape index (κ1) is 28.2. The second-order valence-electron chi connectivity index (χ2n) is 7.69. The highest BCUT2D eigenvalue weighted by molar-refractivity contribution is 5.98. The van der Waals surface area contributed by atoms with Crippen LogP contribution < -0.4 is 18.9 Å². The molecule has 0 fully saturated rings. The zero-order valence-corrected chi connectivity index (χ0v) is 21.3. The molecule has 192 valence electrons. The molecule has 36 heavy (non-hydrogen) atoms. The molecule has 2 rings (SSSR count). The average Bonchev–Trinajstić information content (AvgIpc) is 2.88. The van der Waals surface area contributed by atoms with Crippen LogP contribution in [-0.4, -0.2) is 38.9 Å². The average molecular weight is 496 g/mol. The van der Waals surface area contributed by atoms with Crippen molar-refractivity contribution in [2.75, 3.05) is 26.9 Å². The highest BCUT2D eigenvalue weighted by Crippen LogP contribution is 2.31. The Hall–Kier alpha value is -3.99. The molecule has 0 aliphatic carbocycles. The van der Waals surface area contributed by atoms with Gasteiger partial charge in [-0.1, -0.05) is 25.5 Å². The van der Waals surface area contributed by atoms with E-state index in [2.05, 4.69) is 6.92 Å². The molecule has 2 aromatic rings. The van der Waals surface area contributed by atoms with E-state index in [-0.39, 0.29) is 24.4 Å². The van der Waals surface area contributed by atoms with Crippen LogP contribution in [0.3, 0.4) is 0 Å². The highest BCUT2D eigenvalue weighted by Gasteiger charge is 2.14. The molecular weight excluding hydrogens is 462 g/mol. The Morgan fingerprint density at radius 3 is 2.39 bits per heavy atom. The van der Waals surface area contributed by atoms with Gasteiger partial charge in [0.25, 0.3) is 0 Å². The maximum absolute atomic E-state index is 12.5. The molecule has 0 saturated heterocycles. The van der Waals surface area contributed by atoms with Gasteiger partial charge in [-0.2, -0.15) is 5.26 Å². The molecule has 0 atom stereocenters. The van der Waals surface area contributed by atoms with Crippen LogP contribution >= 0.6 is 0 Å². The van der Waals surface area contributed by atoms with E-state index in [4.69, 9.17) is 23.7 Å². The van der Waals surface area contributed by atoms with Gasteiger partial charge in [-0.05, 0) is 68.2 Å². The number of carbonyl (C=O) groups excluding carboxylic acids is 2. The summed E-state index contributed by atoms with van der Waals surface area (Å²) in [6.07, 6.45) is 4.00. The lowest BCUT2D eigenvalue weighted by Crippen LogP contribution is -2.10. The maximum Gasteiger partial charge on any atom is 0.348 e. The largest absolute Gasteiger partial charge is 0.493 e. The summed E-state index contributed by atoms with van der Waals surface area (Å²) in [7, 11) is 1.44. The zero-order valence-electron chi connectivity index (χ0n) is 21.3. The topological polar surface area (TPSA) is 104 Å². The summed E-state index contributed by atoms with van der Waals surface area (Å²) in [4.78, 5) is 24.4. The molecule has 8 nitrogen and oxygen atoms in total. The Balaban J connectivity index is 2.05. The fraction of sp³-hybridized carbons (Fsp3) is 0.393. The fourth-order valence-corrected chi connectivity index (χ4v) is 3.21. The first-order valence-electron chi connectivity index (χ1n) is 12.0. The van der Waals surface area contributed by atoms with E-state index >= 15 is 0 Å². The van der Waals surface area contributed by atoms with Crippen LogP contribution in [0.2, 0.25) is 0 Å². The molecule has 0 aromatic heterocycles. The molecule has 0 aliphatic rings. The molecule has 0 N–H and O–H groups in total. The zero-order chi connectivity index (χ0) is 26.3. The van der Waals surface area contributed by atoms with Crippen LogP contribution in [-0.2, 0) is 20.7 Å². The molecule has 0 bridgehead atoms. The van der Waals surface area contributed by atoms with Crippen LogP contribution in [0, 0.1) is 11.3 Å². The number of ether oxygens (including phenoxy) is 5. The second-order valence-corrected chi connectivity index (χ2v) is 7.69. The van der Waals surface area contributed by atoms with Gasteiger partial charge in [0.2, 0.25) is 0 Å². The van der Waals surface area contributed by atoms with Crippen LogP contribution in [0.5, 0.6) is 23.0 Å². The predicted molar refractivity (Wildman–Crippen MR) is 135 cm³/mol. The first-order valence-corrected chi connectivity index (χ1v) is 12.0. The quantitative estimate of drug-likeness (QED) is 0.115. The number of nitriles is 1. The molecule has 0 saturated carbocycles. The number of benzene rings is 2. The number of aryl methyl sites for hydroxylation is 1. The number of carbonyl (C=O) groups is 2. The molecule has 0 unspecified atom stereocenters. The summed E-state index contributed by atoms with van der Waals surface area (Å²) < 4.78 is 27.2. The highest BCUT2D eigenvalue weighted by atomic mass is 16.6. The van der Waals surface area contributed by atoms with Crippen LogP contribution in [0.1, 0.15) is 51.2 Å². The Morgan fingerprint density at radius 1 is 0.944 bits per heavy atom.